The minimum atomic E-state index is -3.71. The van der Waals surface area contributed by atoms with Crippen molar-refractivity contribution >= 4 is 15.9 Å². The van der Waals surface area contributed by atoms with Crippen LogP contribution in [0.25, 0.3) is 11.3 Å². The van der Waals surface area contributed by atoms with Gasteiger partial charge in [-0.1, -0.05) is 0 Å². The molecule has 2 heterocycles. The van der Waals surface area contributed by atoms with Gasteiger partial charge in [-0.15, -0.1) is 0 Å². The molecule has 0 aliphatic carbocycles. The standard InChI is InChI=1S/C12H11N3O4S/c1-20(18,19)15-12(17)9-2-3-10(14-11(9)16)8-4-6-13-7-5-8/h2-7H,1H3,(H,14,16)(H,15,17). The zero-order valence-corrected chi connectivity index (χ0v) is 11.3. The van der Waals surface area contributed by atoms with Crippen molar-refractivity contribution < 1.29 is 13.2 Å². The van der Waals surface area contributed by atoms with E-state index in [-0.39, 0.29) is 5.56 Å². The molecule has 0 radical (unpaired) electrons. The Morgan fingerprint density at radius 2 is 1.85 bits per heavy atom. The Balaban J connectivity index is 2.37. The van der Waals surface area contributed by atoms with Crippen molar-refractivity contribution in [2.45, 2.75) is 0 Å². The first-order valence-electron chi connectivity index (χ1n) is 5.53. The number of rotatable bonds is 3. The number of H-pyrrole nitrogens is 1. The lowest BCUT2D eigenvalue weighted by Gasteiger charge is -2.04. The van der Waals surface area contributed by atoms with Crippen molar-refractivity contribution in [3.8, 4) is 11.3 Å². The van der Waals surface area contributed by atoms with E-state index in [1.165, 1.54) is 12.1 Å². The Bertz CT molecular complexity index is 797. The van der Waals surface area contributed by atoms with Crippen LogP contribution in [0.4, 0.5) is 0 Å². The van der Waals surface area contributed by atoms with Crippen LogP contribution in [0, 0.1) is 0 Å². The number of aromatic nitrogens is 2. The molecule has 0 fully saturated rings. The maximum absolute atomic E-state index is 11.8. The lowest BCUT2D eigenvalue weighted by atomic mass is 10.1. The quantitative estimate of drug-likeness (QED) is 0.835. The van der Waals surface area contributed by atoms with E-state index in [2.05, 4.69) is 9.97 Å². The van der Waals surface area contributed by atoms with Crippen LogP contribution >= 0.6 is 0 Å². The van der Waals surface area contributed by atoms with Gasteiger partial charge in [0.15, 0.2) is 0 Å². The molecule has 0 saturated heterocycles. The summed E-state index contributed by atoms with van der Waals surface area (Å²) >= 11 is 0. The number of hydrogen-bond acceptors (Lipinski definition) is 5. The first-order chi connectivity index (χ1) is 9.37. The molecule has 0 aliphatic rings. The van der Waals surface area contributed by atoms with E-state index in [9.17, 15) is 18.0 Å². The Kier molecular flexibility index (Phi) is 3.66. The molecule has 0 saturated carbocycles. The van der Waals surface area contributed by atoms with Crippen molar-refractivity contribution in [2.24, 2.45) is 0 Å². The molecule has 0 aliphatic heterocycles. The van der Waals surface area contributed by atoms with E-state index in [1.807, 2.05) is 0 Å². The van der Waals surface area contributed by atoms with E-state index in [0.717, 1.165) is 11.8 Å². The van der Waals surface area contributed by atoms with E-state index in [4.69, 9.17) is 0 Å². The van der Waals surface area contributed by atoms with E-state index in [0.29, 0.717) is 5.69 Å². The second kappa shape index (κ2) is 5.25. The lowest BCUT2D eigenvalue weighted by Crippen LogP contribution is -2.33. The normalized spacial score (nSPS) is 11.1. The summed E-state index contributed by atoms with van der Waals surface area (Å²) in [6.45, 7) is 0. The van der Waals surface area contributed by atoms with Crippen molar-refractivity contribution in [3.05, 3.63) is 52.6 Å². The Morgan fingerprint density at radius 3 is 2.40 bits per heavy atom. The molecule has 104 valence electrons. The highest BCUT2D eigenvalue weighted by Crippen LogP contribution is 2.13. The minimum Gasteiger partial charge on any atom is -0.321 e. The number of amides is 1. The summed E-state index contributed by atoms with van der Waals surface area (Å²) in [4.78, 5) is 29.8. The van der Waals surface area contributed by atoms with Gasteiger partial charge < -0.3 is 4.98 Å². The Morgan fingerprint density at radius 1 is 1.20 bits per heavy atom. The van der Waals surface area contributed by atoms with Gasteiger partial charge in [0, 0.05) is 23.7 Å². The topological polar surface area (TPSA) is 109 Å². The van der Waals surface area contributed by atoms with Crippen molar-refractivity contribution in [1.82, 2.24) is 14.7 Å². The van der Waals surface area contributed by atoms with Gasteiger partial charge in [-0.25, -0.2) is 13.1 Å². The van der Waals surface area contributed by atoms with Crippen LogP contribution < -0.4 is 10.3 Å². The maximum Gasteiger partial charge on any atom is 0.270 e. The molecular formula is C12H11N3O4S. The third kappa shape index (κ3) is 3.29. The highest BCUT2D eigenvalue weighted by atomic mass is 32.2. The maximum atomic E-state index is 11.8. The van der Waals surface area contributed by atoms with Crippen LogP contribution in [0.2, 0.25) is 0 Å². The average Bonchev–Trinajstić information content (AvgIpc) is 2.37. The smallest absolute Gasteiger partial charge is 0.270 e. The first-order valence-corrected chi connectivity index (χ1v) is 7.42. The molecule has 2 rings (SSSR count). The zero-order valence-electron chi connectivity index (χ0n) is 10.5. The number of nitrogens with one attached hydrogen (secondary N) is 2. The van der Waals surface area contributed by atoms with Crippen LogP contribution in [0.15, 0.2) is 41.5 Å². The molecule has 2 aromatic heterocycles. The lowest BCUT2D eigenvalue weighted by molar-refractivity contribution is 0.0980. The molecule has 0 bridgehead atoms. The monoisotopic (exact) mass is 293 g/mol. The predicted octanol–water partition coefficient (Wildman–Crippen LogP) is 0.126. The van der Waals surface area contributed by atoms with Crippen molar-refractivity contribution in [3.63, 3.8) is 0 Å². The van der Waals surface area contributed by atoms with Crippen LogP contribution in [-0.2, 0) is 10.0 Å². The summed E-state index contributed by atoms with van der Waals surface area (Å²) < 4.78 is 23.7. The van der Waals surface area contributed by atoms with Gasteiger partial charge in [0.2, 0.25) is 10.0 Å². The second-order valence-corrected chi connectivity index (χ2v) is 5.80. The summed E-state index contributed by atoms with van der Waals surface area (Å²) in [5.41, 5.74) is 0.300. The summed E-state index contributed by atoms with van der Waals surface area (Å²) in [7, 11) is -3.71. The number of nitrogens with zero attached hydrogens (tertiary/aromatic N) is 1. The summed E-state index contributed by atoms with van der Waals surface area (Å²) in [5.74, 6) is -0.963. The third-order valence-electron chi connectivity index (χ3n) is 2.42. The SMILES string of the molecule is CS(=O)(=O)NC(=O)c1ccc(-c2ccncc2)[nH]c1=O. The van der Waals surface area contributed by atoms with Gasteiger partial charge in [0.1, 0.15) is 5.56 Å². The molecule has 0 aromatic carbocycles. The number of hydrogen-bond donors (Lipinski definition) is 2. The summed E-state index contributed by atoms with van der Waals surface area (Å²) in [6.07, 6.45) is 3.97. The number of pyridine rings is 2. The summed E-state index contributed by atoms with van der Waals surface area (Å²) in [5, 5.41) is 0. The van der Waals surface area contributed by atoms with Crippen LogP contribution in [0.1, 0.15) is 10.4 Å². The largest absolute Gasteiger partial charge is 0.321 e. The van der Waals surface area contributed by atoms with Crippen LogP contribution in [0.3, 0.4) is 0 Å². The molecule has 0 spiro atoms. The summed E-state index contributed by atoms with van der Waals surface area (Å²) in [6, 6.07) is 6.19. The highest BCUT2D eigenvalue weighted by Gasteiger charge is 2.15. The molecular weight excluding hydrogens is 282 g/mol. The van der Waals surface area contributed by atoms with Gasteiger partial charge in [0.05, 0.1) is 6.26 Å². The van der Waals surface area contributed by atoms with E-state index < -0.39 is 21.5 Å². The van der Waals surface area contributed by atoms with Crippen molar-refractivity contribution in [2.75, 3.05) is 6.26 Å². The third-order valence-corrected chi connectivity index (χ3v) is 2.98. The van der Waals surface area contributed by atoms with E-state index >= 15 is 0 Å². The minimum absolute atomic E-state index is 0.270. The number of sulfonamides is 1. The number of aromatic amines is 1. The van der Waals surface area contributed by atoms with Crippen LogP contribution in [0.5, 0.6) is 0 Å². The molecule has 2 aromatic rings. The first kappa shape index (κ1) is 13.9. The fourth-order valence-corrected chi connectivity index (χ4v) is 2.02. The molecule has 0 unspecified atom stereocenters. The average molecular weight is 293 g/mol. The Hall–Kier alpha value is -2.48. The molecule has 1 amide bonds. The van der Waals surface area contributed by atoms with E-state index in [1.54, 1.807) is 29.2 Å². The predicted molar refractivity (Wildman–Crippen MR) is 72.6 cm³/mol. The van der Waals surface area contributed by atoms with Crippen LogP contribution in [-0.4, -0.2) is 30.5 Å². The van der Waals surface area contributed by atoms with Crippen molar-refractivity contribution in [1.29, 1.82) is 0 Å². The van der Waals surface area contributed by atoms with Gasteiger partial charge in [0.25, 0.3) is 11.5 Å². The zero-order chi connectivity index (χ0) is 14.8. The highest BCUT2D eigenvalue weighted by molar-refractivity contribution is 7.89. The fourth-order valence-electron chi connectivity index (χ4n) is 1.58. The van der Waals surface area contributed by atoms with Gasteiger partial charge in [-0.3, -0.25) is 14.6 Å². The van der Waals surface area contributed by atoms with Gasteiger partial charge >= 0.3 is 0 Å². The Labute approximate surface area is 114 Å². The second-order valence-electron chi connectivity index (χ2n) is 4.05. The number of carbonyl (C=O) groups is 1. The molecule has 7 nitrogen and oxygen atoms in total. The number of carbonyl (C=O) groups excluding carboxylic acids is 1. The fraction of sp³-hybridized carbons (Fsp3) is 0.0833. The molecule has 0 atom stereocenters. The van der Waals surface area contributed by atoms with Gasteiger partial charge in [-0.2, -0.15) is 0 Å². The molecule has 2 N–H and O–H groups in total. The van der Waals surface area contributed by atoms with Gasteiger partial charge in [-0.05, 0) is 24.3 Å². The molecule has 20 heavy (non-hydrogen) atoms. The molecule has 8 heteroatoms.